The Balaban J connectivity index is 1.85. The number of aryl methyl sites for hydroxylation is 1. The summed E-state index contributed by atoms with van der Waals surface area (Å²) in [5.74, 6) is 0.218. The normalized spacial score (nSPS) is 11.4. The Morgan fingerprint density at radius 2 is 1.78 bits per heavy atom. The maximum atomic E-state index is 12.7. The molecule has 10 heteroatoms. The summed E-state index contributed by atoms with van der Waals surface area (Å²) in [4.78, 5) is 12.8. The summed E-state index contributed by atoms with van der Waals surface area (Å²) in [6.45, 7) is 1.98. The first-order valence-electron chi connectivity index (χ1n) is 7.59. The van der Waals surface area contributed by atoms with Crippen molar-refractivity contribution in [2.75, 3.05) is 11.1 Å². The summed E-state index contributed by atoms with van der Waals surface area (Å²) in [6.07, 6.45) is -2.54. The number of nitrogens with zero attached hydrogens (tertiary/aromatic N) is 3. The van der Waals surface area contributed by atoms with Crippen molar-refractivity contribution in [1.82, 2.24) is 15.0 Å². The van der Waals surface area contributed by atoms with E-state index in [1.54, 1.807) is 0 Å². The molecule has 0 aliphatic heterocycles. The van der Waals surface area contributed by atoms with Crippen LogP contribution in [0.1, 0.15) is 11.1 Å². The molecule has 2 heterocycles. The average molecular weight is 412 g/mol. The quantitative estimate of drug-likeness (QED) is 0.565. The maximum absolute atomic E-state index is 12.7. The van der Waals surface area contributed by atoms with Gasteiger partial charge in [0.05, 0.1) is 10.6 Å². The number of anilines is 3. The molecule has 0 radical (unpaired) electrons. The molecule has 0 atom stereocenters. The maximum Gasteiger partial charge on any atom is 0.417 e. The molecule has 27 heavy (non-hydrogen) atoms. The minimum atomic E-state index is -4.53. The van der Waals surface area contributed by atoms with Gasteiger partial charge in [-0.2, -0.15) is 13.2 Å². The molecule has 0 aliphatic rings. The Hall–Kier alpha value is -2.52. The average Bonchev–Trinajstić information content (AvgIpc) is 2.61. The van der Waals surface area contributed by atoms with Crippen molar-refractivity contribution >= 4 is 40.7 Å². The number of benzene rings is 1. The van der Waals surface area contributed by atoms with E-state index in [0.717, 1.165) is 16.5 Å². The SMILES string of the molecule is Cc1ccc(Sc2ncnc(Nc3ncc(C(F)(F)F)cc3Cl)c2N)cc1. The number of alkyl halides is 3. The fraction of sp³-hybridized carbons (Fsp3) is 0.118. The van der Waals surface area contributed by atoms with E-state index < -0.39 is 11.7 Å². The highest BCUT2D eigenvalue weighted by molar-refractivity contribution is 7.99. The minimum absolute atomic E-state index is 0.0151. The molecule has 0 fully saturated rings. The predicted octanol–water partition coefficient (Wildman–Crippen LogP) is 5.33. The summed E-state index contributed by atoms with van der Waals surface area (Å²) in [5, 5.41) is 3.06. The van der Waals surface area contributed by atoms with Crippen LogP contribution in [0.3, 0.4) is 0 Å². The van der Waals surface area contributed by atoms with Crippen molar-refractivity contribution in [2.24, 2.45) is 0 Å². The lowest BCUT2D eigenvalue weighted by atomic mass is 10.2. The first-order valence-corrected chi connectivity index (χ1v) is 8.78. The summed E-state index contributed by atoms with van der Waals surface area (Å²) >= 11 is 7.25. The standard InChI is InChI=1S/C17H13ClF3N5S/c1-9-2-4-11(5-3-9)27-16-13(22)15(24-8-25-16)26-14-12(18)6-10(7-23-14)17(19,20)21/h2-8H,22H2,1H3,(H,23,24,25,26). The minimum Gasteiger partial charge on any atom is -0.394 e. The molecule has 0 amide bonds. The van der Waals surface area contributed by atoms with Gasteiger partial charge in [0.2, 0.25) is 0 Å². The second kappa shape index (κ2) is 7.61. The van der Waals surface area contributed by atoms with Crippen molar-refractivity contribution in [3.05, 3.63) is 59.0 Å². The fourth-order valence-corrected chi connectivity index (χ4v) is 3.09. The summed E-state index contributed by atoms with van der Waals surface area (Å²) in [7, 11) is 0. The number of hydrogen-bond acceptors (Lipinski definition) is 6. The number of hydrogen-bond donors (Lipinski definition) is 2. The Bertz CT molecular complexity index is 964. The summed E-state index contributed by atoms with van der Waals surface area (Å²) < 4.78 is 38.1. The number of pyridine rings is 1. The number of nitrogens with one attached hydrogen (secondary N) is 1. The van der Waals surface area contributed by atoms with E-state index in [-0.39, 0.29) is 22.3 Å². The third-order valence-corrected chi connectivity index (χ3v) is 4.80. The van der Waals surface area contributed by atoms with Crippen LogP contribution in [0.2, 0.25) is 5.02 Å². The molecule has 3 aromatic rings. The van der Waals surface area contributed by atoms with E-state index in [0.29, 0.717) is 11.2 Å². The Labute approximate surface area is 162 Å². The van der Waals surface area contributed by atoms with Gasteiger partial charge >= 0.3 is 6.18 Å². The van der Waals surface area contributed by atoms with Gasteiger partial charge in [-0.1, -0.05) is 41.1 Å². The van der Waals surface area contributed by atoms with Crippen LogP contribution in [-0.2, 0) is 6.18 Å². The van der Waals surface area contributed by atoms with Crippen molar-refractivity contribution < 1.29 is 13.2 Å². The van der Waals surface area contributed by atoms with Crippen LogP contribution in [-0.4, -0.2) is 15.0 Å². The molecule has 0 saturated heterocycles. The molecule has 0 spiro atoms. The Morgan fingerprint density at radius 3 is 2.41 bits per heavy atom. The third kappa shape index (κ3) is 4.61. The van der Waals surface area contributed by atoms with Crippen LogP contribution in [0.4, 0.5) is 30.5 Å². The number of aromatic nitrogens is 3. The molecule has 0 bridgehead atoms. The monoisotopic (exact) mass is 411 g/mol. The van der Waals surface area contributed by atoms with Crippen LogP contribution in [0.15, 0.2) is 52.8 Å². The fourth-order valence-electron chi connectivity index (χ4n) is 2.08. The van der Waals surface area contributed by atoms with Gasteiger partial charge in [-0.05, 0) is 25.1 Å². The van der Waals surface area contributed by atoms with E-state index in [1.165, 1.54) is 18.1 Å². The lowest BCUT2D eigenvalue weighted by molar-refractivity contribution is -0.137. The van der Waals surface area contributed by atoms with Crippen LogP contribution in [0.25, 0.3) is 0 Å². The van der Waals surface area contributed by atoms with Gasteiger partial charge in [0.15, 0.2) is 5.82 Å². The predicted molar refractivity (Wildman–Crippen MR) is 99.3 cm³/mol. The summed E-state index contributed by atoms with van der Waals surface area (Å²) in [5.41, 5.74) is 6.52. The van der Waals surface area contributed by atoms with Crippen molar-refractivity contribution in [3.8, 4) is 0 Å². The molecule has 5 nitrogen and oxygen atoms in total. The van der Waals surface area contributed by atoms with E-state index >= 15 is 0 Å². The van der Waals surface area contributed by atoms with Crippen LogP contribution in [0.5, 0.6) is 0 Å². The number of rotatable bonds is 4. The smallest absolute Gasteiger partial charge is 0.394 e. The van der Waals surface area contributed by atoms with Crippen molar-refractivity contribution in [2.45, 2.75) is 23.0 Å². The van der Waals surface area contributed by atoms with Gasteiger partial charge in [-0.3, -0.25) is 0 Å². The highest BCUT2D eigenvalue weighted by Crippen LogP contribution is 2.36. The highest BCUT2D eigenvalue weighted by Gasteiger charge is 2.31. The summed E-state index contributed by atoms with van der Waals surface area (Å²) in [6, 6.07) is 8.58. The lowest BCUT2D eigenvalue weighted by Gasteiger charge is -2.13. The van der Waals surface area contributed by atoms with E-state index in [9.17, 15) is 13.2 Å². The van der Waals surface area contributed by atoms with Crippen molar-refractivity contribution in [1.29, 1.82) is 0 Å². The number of halogens is 4. The number of nitrogen functional groups attached to an aromatic ring is 1. The molecular weight excluding hydrogens is 399 g/mol. The molecule has 1 aromatic carbocycles. The Kier molecular flexibility index (Phi) is 5.43. The molecule has 140 valence electrons. The zero-order chi connectivity index (χ0) is 19.6. The first-order chi connectivity index (χ1) is 12.7. The third-order valence-electron chi connectivity index (χ3n) is 3.49. The topological polar surface area (TPSA) is 76.7 Å². The molecule has 0 saturated carbocycles. The molecule has 0 aliphatic carbocycles. The zero-order valence-electron chi connectivity index (χ0n) is 13.9. The largest absolute Gasteiger partial charge is 0.417 e. The van der Waals surface area contributed by atoms with Crippen LogP contribution in [0, 0.1) is 6.92 Å². The van der Waals surface area contributed by atoms with Gasteiger partial charge in [-0.25, -0.2) is 15.0 Å². The van der Waals surface area contributed by atoms with E-state index in [4.69, 9.17) is 17.3 Å². The lowest BCUT2D eigenvalue weighted by Crippen LogP contribution is -2.08. The second-order valence-electron chi connectivity index (χ2n) is 5.53. The molecule has 3 rings (SSSR count). The number of nitrogens with two attached hydrogens (primary N) is 1. The van der Waals surface area contributed by atoms with Gasteiger partial charge in [0.25, 0.3) is 0 Å². The van der Waals surface area contributed by atoms with Gasteiger partial charge in [-0.15, -0.1) is 0 Å². The second-order valence-corrected chi connectivity index (χ2v) is 7.00. The molecule has 0 unspecified atom stereocenters. The van der Waals surface area contributed by atoms with Gasteiger partial charge in [0, 0.05) is 11.1 Å². The van der Waals surface area contributed by atoms with Crippen LogP contribution < -0.4 is 11.1 Å². The Morgan fingerprint density at radius 1 is 1.07 bits per heavy atom. The molecule has 2 aromatic heterocycles. The zero-order valence-corrected chi connectivity index (χ0v) is 15.5. The first kappa shape index (κ1) is 19.2. The highest BCUT2D eigenvalue weighted by atomic mass is 35.5. The molecular formula is C17H13ClF3N5S. The van der Waals surface area contributed by atoms with Gasteiger partial charge in [0.1, 0.15) is 22.9 Å². The van der Waals surface area contributed by atoms with Crippen molar-refractivity contribution in [3.63, 3.8) is 0 Å². The molecule has 3 N–H and O–H groups in total. The van der Waals surface area contributed by atoms with Gasteiger partial charge < -0.3 is 11.1 Å². The van der Waals surface area contributed by atoms with Crippen LogP contribution >= 0.6 is 23.4 Å². The van der Waals surface area contributed by atoms with E-state index in [1.807, 2.05) is 31.2 Å². The van der Waals surface area contributed by atoms with E-state index in [2.05, 4.69) is 20.3 Å².